The first-order valence-corrected chi connectivity index (χ1v) is 8.36. The van der Waals surface area contributed by atoms with Crippen molar-refractivity contribution in [2.24, 2.45) is 5.92 Å². The maximum atomic E-state index is 13.6. The number of carbonyl (C=O) groups is 1. The van der Waals surface area contributed by atoms with E-state index in [1.54, 1.807) is 36.8 Å². The van der Waals surface area contributed by atoms with E-state index in [9.17, 15) is 9.18 Å². The van der Waals surface area contributed by atoms with Crippen molar-refractivity contribution >= 4 is 11.6 Å². The van der Waals surface area contributed by atoms with Gasteiger partial charge in [-0.25, -0.2) is 9.37 Å². The van der Waals surface area contributed by atoms with E-state index in [0.717, 1.165) is 25.9 Å². The fourth-order valence-corrected chi connectivity index (χ4v) is 2.83. The Labute approximate surface area is 146 Å². The van der Waals surface area contributed by atoms with E-state index in [0.29, 0.717) is 18.4 Å². The zero-order chi connectivity index (χ0) is 17.5. The molecule has 6 nitrogen and oxygen atoms in total. The Morgan fingerprint density at radius 3 is 2.80 bits per heavy atom. The molecule has 1 N–H and O–H groups in total. The molecule has 132 valence electrons. The lowest BCUT2D eigenvalue weighted by atomic mass is 9.98. The molecule has 0 unspecified atom stereocenters. The second-order valence-corrected chi connectivity index (χ2v) is 6.10. The zero-order valence-electron chi connectivity index (χ0n) is 13.9. The van der Waals surface area contributed by atoms with Crippen LogP contribution in [-0.4, -0.2) is 47.0 Å². The van der Waals surface area contributed by atoms with Gasteiger partial charge < -0.3 is 10.1 Å². The summed E-state index contributed by atoms with van der Waals surface area (Å²) >= 11 is 0. The van der Waals surface area contributed by atoms with Gasteiger partial charge in [0, 0.05) is 12.4 Å². The number of nitrogens with zero attached hydrogens (tertiary/aromatic N) is 3. The normalized spacial score (nSPS) is 15.7. The predicted octanol–water partition coefficient (Wildman–Crippen LogP) is 2.35. The fraction of sp³-hybridized carbons (Fsp3) is 0.389. The Hall–Kier alpha value is -2.54. The van der Waals surface area contributed by atoms with Gasteiger partial charge in [0.15, 0.2) is 0 Å². The van der Waals surface area contributed by atoms with Crippen LogP contribution in [0.3, 0.4) is 0 Å². The van der Waals surface area contributed by atoms with Gasteiger partial charge in [0.25, 0.3) is 0 Å². The van der Waals surface area contributed by atoms with Crippen LogP contribution in [0.4, 0.5) is 10.1 Å². The van der Waals surface area contributed by atoms with E-state index < -0.39 is 5.82 Å². The van der Waals surface area contributed by atoms with Gasteiger partial charge in [-0.2, -0.15) is 0 Å². The van der Waals surface area contributed by atoms with E-state index in [-0.39, 0.29) is 18.1 Å². The molecule has 1 aliphatic heterocycles. The number of nitrogens with one attached hydrogen (secondary N) is 1. The number of aromatic nitrogens is 2. The zero-order valence-corrected chi connectivity index (χ0v) is 13.9. The number of rotatable bonds is 6. The summed E-state index contributed by atoms with van der Waals surface area (Å²) in [5.74, 6) is 0.358. The third kappa shape index (κ3) is 5.22. The smallest absolute Gasteiger partial charge is 0.238 e. The average Bonchev–Trinajstić information content (AvgIpc) is 2.64. The molecule has 25 heavy (non-hydrogen) atoms. The monoisotopic (exact) mass is 344 g/mol. The molecule has 2 heterocycles. The van der Waals surface area contributed by atoms with Crippen LogP contribution in [0.15, 0.2) is 42.9 Å². The molecule has 0 aliphatic carbocycles. The Bertz CT molecular complexity index is 690. The second-order valence-electron chi connectivity index (χ2n) is 6.10. The van der Waals surface area contributed by atoms with E-state index in [1.807, 2.05) is 0 Å². The highest BCUT2D eigenvalue weighted by molar-refractivity contribution is 5.92. The van der Waals surface area contributed by atoms with Gasteiger partial charge >= 0.3 is 0 Å². The highest BCUT2D eigenvalue weighted by Crippen LogP contribution is 2.18. The molecule has 3 rings (SSSR count). The Balaban J connectivity index is 1.39. The fourth-order valence-electron chi connectivity index (χ4n) is 2.83. The topological polar surface area (TPSA) is 67.4 Å². The lowest BCUT2D eigenvalue weighted by molar-refractivity contribution is -0.117. The van der Waals surface area contributed by atoms with Gasteiger partial charge in [0.05, 0.1) is 25.0 Å². The second kappa shape index (κ2) is 8.53. The summed E-state index contributed by atoms with van der Waals surface area (Å²) < 4.78 is 19.2. The molecule has 1 aromatic heterocycles. The van der Waals surface area contributed by atoms with Crippen molar-refractivity contribution in [1.29, 1.82) is 0 Å². The van der Waals surface area contributed by atoms with Crippen molar-refractivity contribution in [2.75, 3.05) is 31.6 Å². The molecule has 0 spiro atoms. The van der Waals surface area contributed by atoms with Crippen molar-refractivity contribution in [2.45, 2.75) is 12.8 Å². The first-order chi connectivity index (χ1) is 12.2. The minimum atomic E-state index is -0.421. The summed E-state index contributed by atoms with van der Waals surface area (Å²) in [7, 11) is 0. The van der Waals surface area contributed by atoms with Gasteiger partial charge in [-0.15, -0.1) is 0 Å². The molecule has 1 saturated heterocycles. The SMILES string of the molecule is O=C(CN1CCC(COc2cnccn2)CC1)Nc1ccccc1F. The molecule has 1 amide bonds. The number of anilines is 1. The first kappa shape index (κ1) is 17.3. The van der Waals surface area contributed by atoms with Crippen LogP contribution < -0.4 is 10.1 Å². The first-order valence-electron chi connectivity index (χ1n) is 8.36. The number of hydrogen-bond acceptors (Lipinski definition) is 5. The quantitative estimate of drug-likeness (QED) is 0.871. The van der Waals surface area contributed by atoms with Crippen LogP contribution in [0.25, 0.3) is 0 Å². The number of ether oxygens (including phenoxy) is 1. The third-order valence-electron chi connectivity index (χ3n) is 4.23. The van der Waals surface area contributed by atoms with Gasteiger partial charge in [-0.05, 0) is 44.0 Å². The molecule has 0 saturated carbocycles. The number of hydrogen-bond donors (Lipinski definition) is 1. The van der Waals surface area contributed by atoms with E-state index in [2.05, 4.69) is 20.2 Å². The number of carbonyl (C=O) groups excluding carboxylic acids is 1. The maximum absolute atomic E-state index is 13.6. The molecule has 1 aliphatic rings. The summed E-state index contributed by atoms with van der Waals surface area (Å²) in [6, 6.07) is 6.18. The lowest BCUT2D eigenvalue weighted by Gasteiger charge is -2.31. The maximum Gasteiger partial charge on any atom is 0.238 e. The van der Waals surface area contributed by atoms with Crippen LogP contribution in [0.1, 0.15) is 12.8 Å². The summed E-state index contributed by atoms with van der Waals surface area (Å²) in [5, 5.41) is 2.62. The minimum Gasteiger partial charge on any atom is -0.476 e. The third-order valence-corrected chi connectivity index (χ3v) is 4.23. The summed E-state index contributed by atoms with van der Waals surface area (Å²) in [4.78, 5) is 22.2. The van der Waals surface area contributed by atoms with Crippen LogP contribution in [0, 0.1) is 11.7 Å². The van der Waals surface area contributed by atoms with Gasteiger partial charge in [0.2, 0.25) is 11.8 Å². The minimum absolute atomic E-state index is 0.195. The van der Waals surface area contributed by atoms with E-state index >= 15 is 0 Å². The molecule has 0 bridgehead atoms. The number of benzene rings is 1. The summed E-state index contributed by atoms with van der Waals surface area (Å²) in [6.45, 7) is 2.51. The van der Waals surface area contributed by atoms with Crippen LogP contribution in [-0.2, 0) is 4.79 Å². The van der Waals surface area contributed by atoms with Crippen molar-refractivity contribution in [3.63, 3.8) is 0 Å². The molecule has 0 atom stereocenters. The van der Waals surface area contributed by atoms with Gasteiger partial charge in [0.1, 0.15) is 5.82 Å². The molecule has 1 fully saturated rings. The lowest BCUT2D eigenvalue weighted by Crippen LogP contribution is -2.40. The van der Waals surface area contributed by atoms with Crippen molar-refractivity contribution in [1.82, 2.24) is 14.9 Å². The molecular formula is C18H21FN4O2. The van der Waals surface area contributed by atoms with Crippen LogP contribution in [0.2, 0.25) is 0 Å². The van der Waals surface area contributed by atoms with E-state index in [1.165, 1.54) is 6.07 Å². The average molecular weight is 344 g/mol. The highest BCUT2D eigenvalue weighted by atomic mass is 19.1. The molecular weight excluding hydrogens is 323 g/mol. The molecule has 0 radical (unpaired) electrons. The van der Waals surface area contributed by atoms with Gasteiger partial charge in [-0.1, -0.05) is 12.1 Å². The Morgan fingerprint density at radius 2 is 2.08 bits per heavy atom. The summed E-state index contributed by atoms with van der Waals surface area (Å²) in [5.41, 5.74) is 0.222. The van der Waals surface area contributed by atoms with Crippen LogP contribution >= 0.6 is 0 Å². The van der Waals surface area contributed by atoms with Gasteiger partial charge in [-0.3, -0.25) is 14.7 Å². The van der Waals surface area contributed by atoms with Crippen molar-refractivity contribution in [3.8, 4) is 5.88 Å². The molecule has 7 heteroatoms. The largest absolute Gasteiger partial charge is 0.476 e. The number of amides is 1. The number of halogens is 1. The standard InChI is InChI=1S/C18H21FN4O2/c19-15-3-1-2-4-16(15)22-17(24)12-23-9-5-14(6-10-23)13-25-18-11-20-7-8-21-18/h1-4,7-8,11,14H,5-6,9-10,12-13H2,(H,22,24). The number of para-hydroxylation sites is 1. The Kier molecular flexibility index (Phi) is 5.90. The van der Waals surface area contributed by atoms with Crippen molar-refractivity contribution in [3.05, 3.63) is 48.7 Å². The predicted molar refractivity (Wildman–Crippen MR) is 91.7 cm³/mol. The number of piperidine rings is 1. The summed E-state index contributed by atoms with van der Waals surface area (Å²) in [6.07, 6.45) is 6.71. The van der Waals surface area contributed by atoms with E-state index in [4.69, 9.17) is 4.74 Å². The molecule has 1 aromatic carbocycles. The Morgan fingerprint density at radius 1 is 1.28 bits per heavy atom. The van der Waals surface area contributed by atoms with Crippen molar-refractivity contribution < 1.29 is 13.9 Å². The highest BCUT2D eigenvalue weighted by Gasteiger charge is 2.21. The molecule has 2 aromatic rings. The number of likely N-dealkylation sites (tertiary alicyclic amines) is 1. The van der Waals surface area contributed by atoms with Crippen LogP contribution in [0.5, 0.6) is 5.88 Å².